The summed E-state index contributed by atoms with van der Waals surface area (Å²) >= 11 is 0. The second kappa shape index (κ2) is 6.44. The second-order valence-corrected chi connectivity index (χ2v) is 5.40. The Morgan fingerprint density at radius 3 is 2.42 bits per heavy atom. The third kappa shape index (κ3) is 3.74. The molecule has 0 heterocycles. The molecule has 106 valence electrons. The maximum absolute atomic E-state index is 13.5. The van der Waals surface area contributed by atoms with Gasteiger partial charge in [0, 0.05) is 12.5 Å². The molecule has 0 aliphatic heterocycles. The molecule has 0 radical (unpaired) electrons. The van der Waals surface area contributed by atoms with Gasteiger partial charge in [-0.15, -0.1) is 0 Å². The van der Waals surface area contributed by atoms with E-state index < -0.39 is 23.8 Å². The first-order chi connectivity index (χ1) is 9.08. The van der Waals surface area contributed by atoms with Crippen LogP contribution >= 0.6 is 0 Å². The van der Waals surface area contributed by atoms with Crippen molar-refractivity contribution in [2.75, 3.05) is 0 Å². The molecule has 2 nitrogen and oxygen atoms in total. The van der Waals surface area contributed by atoms with E-state index in [2.05, 4.69) is 0 Å². The normalized spacial score (nSPS) is 20.2. The van der Waals surface area contributed by atoms with E-state index in [-0.39, 0.29) is 17.9 Å². The molecule has 1 aliphatic carbocycles. The summed E-state index contributed by atoms with van der Waals surface area (Å²) in [6.45, 7) is 0. The molecule has 4 heteroatoms. The number of aliphatic hydroxyl groups is 2. The predicted molar refractivity (Wildman–Crippen MR) is 68.7 cm³/mol. The summed E-state index contributed by atoms with van der Waals surface area (Å²) in [5, 5.41) is 20.1. The average Bonchev–Trinajstić information content (AvgIpc) is 2.42. The smallest absolute Gasteiger partial charge is 0.129 e. The van der Waals surface area contributed by atoms with Gasteiger partial charge >= 0.3 is 0 Å². The molecule has 1 aliphatic rings. The van der Waals surface area contributed by atoms with E-state index in [1.165, 1.54) is 12.5 Å². The van der Waals surface area contributed by atoms with Crippen molar-refractivity contribution in [3.05, 3.63) is 35.4 Å². The topological polar surface area (TPSA) is 40.5 Å². The summed E-state index contributed by atoms with van der Waals surface area (Å²) in [7, 11) is 0. The van der Waals surface area contributed by atoms with Crippen LogP contribution in [0, 0.1) is 17.6 Å². The summed E-state index contributed by atoms with van der Waals surface area (Å²) in [6, 6.07) is 3.29. The average molecular weight is 270 g/mol. The maximum Gasteiger partial charge on any atom is 0.129 e. The van der Waals surface area contributed by atoms with Crippen LogP contribution in [0.1, 0.15) is 37.7 Å². The minimum absolute atomic E-state index is 0.0176. The molecule has 0 bridgehead atoms. The molecular formula is C15H20F2O2. The lowest BCUT2D eigenvalue weighted by molar-refractivity contribution is -0.0266. The number of halogens is 2. The molecule has 1 fully saturated rings. The van der Waals surface area contributed by atoms with Crippen molar-refractivity contribution in [2.24, 2.45) is 5.92 Å². The molecule has 2 N–H and O–H groups in total. The van der Waals surface area contributed by atoms with Crippen LogP contribution in [0.25, 0.3) is 0 Å². The largest absolute Gasteiger partial charge is 0.390 e. The Hall–Kier alpha value is -1.00. The van der Waals surface area contributed by atoms with Crippen molar-refractivity contribution in [1.82, 2.24) is 0 Å². The SMILES string of the molecule is OC(Cc1ccc(F)cc1F)C(O)C1CCCCC1. The Morgan fingerprint density at radius 2 is 1.79 bits per heavy atom. The fourth-order valence-electron chi connectivity index (χ4n) is 2.82. The molecule has 1 aromatic rings. The van der Waals surface area contributed by atoms with Gasteiger partial charge in [-0.3, -0.25) is 0 Å². The van der Waals surface area contributed by atoms with Crippen molar-refractivity contribution < 1.29 is 19.0 Å². The van der Waals surface area contributed by atoms with Crippen LogP contribution in [0.4, 0.5) is 8.78 Å². The summed E-state index contributed by atoms with van der Waals surface area (Å²) in [4.78, 5) is 0. The molecule has 0 spiro atoms. The Bertz CT molecular complexity index is 417. The molecular weight excluding hydrogens is 250 g/mol. The maximum atomic E-state index is 13.5. The highest BCUT2D eigenvalue weighted by Gasteiger charge is 2.28. The van der Waals surface area contributed by atoms with Crippen LogP contribution in [-0.2, 0) is 6.42 Å². The molecule has 0 aromatic heterocycles. The zero-order chi connectivity index (χ0) is 13.8. The van der Waals surface area contributed by atoms with E-state index in [1.54, 1.807) is 0 Å². The Labute approximate surface area is 112 Å². The summed E-state index contributed by atoms with van der Waals surface area (Å²) in [6.07, 6.45) is 3.32. The van der Waals surface area contributed by atoms with Gasteiger partial charge in [0.2, 0.25) is 0 Å². The number of hydrogen-bond donors (Lipinski definition) is 2. The molecule has 0 saturated heterocycles. The van der Waals surface area contributed by atoms with E-state index in [0.717, 1.165) is 37.8 Å². The van der Waals surface area contributed by atoms with Crippen LogP contribution in [-0.4, -0.2) is 22.4 Å². The lowest BCUT2D eigenvalue weighted by atomic mass is 9.82. The molecule has 1 saturated carbocycles. The second-order valence-electron chi connectivity index (χ2n) is 5.40. The summed E-state index contributed by atoms with van der Waals surface area (Å²) in [5.74, 6) is -1.22. The standard InChI is InChI=1S/C15H20F2O2/c16-12-7-6-11(13(17)9-12)8-14(18)15(19)10-4-2-1-3-5-10/h6-7,9-10,14-15,18-19H,1-5,8H2. The third-order valence-electron chi connectivity index (χ3n) is 3.97. The number of benzene rings is 1. The third-order valence-corrected chi connectivity index (χ3v) is 3.97. The van der Waals surface area contributed by atoms with Gasteiger partial charge in [-0.25, -0.2) is 8.78 Å². The van der Waals surface area contributed by atoms with Crippen molar-refractivity contribution in [1.29, 1.82) is 0 Å². The fraction of sp³-hybridized carbons (Fsp3) is 0.600. The van der Waals surface area contributed by atoms with Gasteiger partial charge in [-0.2, -0.15) is 0 Å². The van der Waals surface area contributed by atoms with Crippen LogP contribution in [0.5, 0.6) is 0 Å². The molecule has 2 atom stereocenters. The van der Waals surface area contributed by atoms with Crippen LogP contribution < -0.4 is 0 Å². The van der Waals surface area contributed by atoms with Crippen LogP contribution in [0.2, 0.25) is 0 Å². The van der Waals surface area contributed by atoms with Gasteiger partial charge < -0.3 is 10.2 Å². The van der Waals surface area contributed by atoms with Gasteiger partial charge in [0.1, 0.15) is 11.6 Å². The first-order valence-corrected chi connectivity index (χ1v) is 6.88. The summed E-state index contributed by atoms with van der Waals surface area (Å²) in [5.41, 5.74) is 0.240. The molecule has 2 rings (SSSR count). The van der Waals surface area contributed by atoms with Crippen molar-refractivity contribution in [3.8, 4) is 0 Å². The number of aliphatic hydroxyl groups excluding tert-OH is 2. The molecule has 0 amide bonds. The lowest BCUT2D eigenvalue weighted by Crippen LogP contribution is -2.36. The van der Waals surface area contributed by atoms with Gasteiger partial charge in [0.05, 0.1) is 12.2 Å². The van der Waals surface area contributed by atoms with Crippen molar-refractivity contribution >= 4 is 0 Å². The van der Waals surface area contributed by atoms with E-state index in [4.69, 9.17) is 0 Å². The van der Waals surface area contributed by atoms with E-state index in [0.29, 0.717) is 0 Å². The quantitative estimate of drug-likeness (QED) is 0.883. The highest BCUT2D eigenvalue weighted by Crippen LogP contribution is 2.28. The van der Waals surface area contributed by atoms with Gasteiger partial charge in [-0.1, -0.05) is 25.3 Å². The summed E-state index contributed by atoms with van der Waals surface area (Å²) < 4.78 is 26.3. The van der Waals surface area contributed by atoms with E-state index in [9.17, 15) is 19.0 Å². The number of rotatable bonds is 4. The minimum atomic E-state index is -0.997. The van der Waals surface area contributed by atoms with E-state index in [1.807, 2.05) is 0 Å². The highest BCUT2D eigenvalue weighted by molar-refractivity contribution is 5.19. The molecule has 1 aromatic carbocycles. The van der Waals surface area contributed by atoms with E-state index >= 15 is 0 Å². The van der Waals surface area contributed by atoms with Crippen LogP contribution in [0.3, 0.4) is 0 Å². The number of hydrogen-bond acceptors (Lipinski definition) is 2. The van der Waals surface area contributed by atoms with Gasteiger partial charge in [0.15, 0.2) is 0 Å². The first-order valence-electron chi connectivity index (χ1n) is 6.88. The molecule has 2 unspecified atom stereocenters. The fourth-order valence-corrected chi connectivity index (χ4v) is 2.82. The van der Waals surface area contributed by atoms with Gasteiger partial charge in [0.25, 0.3) is 0 Å². The Morgan fingerprint density at radius 1 is 1.11 bits per heavy atom. The lowest BCUT2D eigenvalue weighted by Gasteiger charge is -2.29. The van der Waals surface area contributed by atoms with Crippen molar-refractivity contribution in [2.45, 2.75) is 50.7 Å². The zero-order valence-electron chi connectivity index (χ0n) is 10.9. The monoisotopic (exact) mass is 270 g/mol. The van der Waals surface area contributed by atoms with Crippen LogP contribution in [0.15, 0.2) is 18.2 Å². The molecule has 19 heavy (non-hydrogen) atoms. The predicted octanol–water partition coefficient (Wildman–Crippen LogP) is 2.81. The Kier molecular flexibility index (Phi) is 4.88. The van der Waals surface area contributed by atoms with Crippen molar-refractivity contribution in [3.63, 3.8) is 0 Å². The highest BCUT2D eigenvalue weighted by atomic mass is 19.1. The Balaban J connectivity index is 1.97. The first kappa shape index (κ1) is 14.4. The minimum Gasteiger partial charge on any atom is -0.390 e. The zero-order valence-corrected chi connectivity index (χ0v) is 10.9. The van der Waals surface area contributed by atoms with Gasteiger partial charge in [-0.05, 0) is 30.4 Å².